The quantitative estimate of drug-likeness (QED) is 0.780. The van der Waals surface area contributed by atoms with Crippen molar-refractivity contribution in [3.05, 3.63) is 47.8 Å². The molecule has 1 aromatic carbocycles. The van der Waals surface area contributed by atoms with Crippen LogP contribution in [0.15, 0.2) is 36.4 Å². The van der Waals surface area contributed by atoms with Gasteiger partial charge in [0, 0.05) is 19.0 Å². The molecule has 0 fully saturated rings. The molecule has 19 heavy (non-hydrogen) atoms. The second-order valence-electron chi connectivity index (χ2n) is 4.46. The van der Waals surface area contributed by atoms with E-state index in [1.54, 1.807) is 6.07 Å². The predicted octanol–water partition coefficient (Wildman–Crippen LogP) is 2.67. The molecule has 0 aliphatic rings. The van der Waals surface area contributed by atoms with Crippen LogP contribution in [0.2, 0.25) is 0 Å². The lowest BCUT2D eigenvalue weighted by molar-refractivity contribution is 0.852. The van der Waals surface area contributed by atoms with Gasteiger partial charge in [-0.1, -0.05) is 37.3 Å². The second-order valence-corrected chi connectivity index (χ2v) is 4.46. The maximum absolute atomic E-state index is 5.74. The van der Waals surface area contributed by atoms with Crippen molar-refractivity contribution in [1.29, 1.82) is 0 Å². The molecule has 3 N–H and O–H groups in total. The van der Waals surface area contributed by atoms with Gasteiger partial charge in [-0.05, 0) is 18.4 Å². The summed E-state index contributed by atoms with van der Waals surface area (Å²) >= 11 is 0. The first kappa shape index (κ1) is 13.3. The topological polar surface area (TPSA) is 63.8 Å². The molecule has 0 aliphatic carbocycles. The van der Waals surface area contributed by atoms with Gasteiger partial charge in [-0.25, -0.2) is 9.97 Å². The summed E-state index contributed by atoms with van der Waals surface area (Å²) in [7, 11) is 0. The van der Waals surface area contributed by atoms with E-state index in [-0.39, 0.29) is 0 Å². The number of anilines is 2. The molecule has 0 aliphatic heterocycles. The molecule has 0 radical (unpaired) electrons. The van der Waals surface area contributed by atoms with Crippen LogP contribution in [0, 0.1) is 0 Å². The van der Waals surface area contributed by atoms with E-state index in [0.717, 1.165) is 37.4 Å². The van der Waals surface area contributed by atoms with Gasteiger partial charge in [-0.3, -0.25) is 0 Å². The van der Waals surface area contributed by atoms with Crippen LogP contribution in [0.3, 0.4) is 0 Å². The first-order valence-electron chi connectivity index (χ1n) is 6.69. The summed E-state index contributed by atoms with van der Waals surface area (Å²) in [4.78, 5) is 8.55. The normalized spacial score (nSPS) is 10.4. The highest BCUT2D eigenvalue weighted by Crippen LogP contribution is 2.09. The molecule has 0 amide bonds. The van der Waals surface area contributed by atoms with Gasteiger partial charge in [0.05, 0.1) is 0 Å². The molecule has 0 bridgehead atoms. The third-order valence-electron chi connectivity index (χ3n) is 2.90. The Morgan fingerprint density at radius 3 is 2.68 bits per heavy atom. The van der Waals surface area contributed by atoms with E-state index in [2.05, 4.69) is 39.6 Å². The van der Waals surface area contributed by atoms with Gasteiger partial charge in [0.1, 0.15) is 17.5 Å². The third kappa shape index (κ3) is 4.25. The number of nitrogens with one attached hydrogen (secondary N) is 1. The van der Waals surface area contributed by atoms with Crippen molar-refractivity contribution in [2.75, 3.05) is 17.6 Å². The summed E-state index contributed by atoms with van der Waals surface area (Å²) < 4.78 is 0. The lowest BCUT2D eigenvalue weighted by Gasteiger charge is -2.07. The highest BCUT2D eigenvalue weighted by Gasteiger charge is 2.00. The number of rotatable bonds is 6. The molecule has 4 nitrogen and oxygen atoms in total. The van der Waals surface area contributed by atoms with Gasteiger partial charge in [-0.15, -0.1) is 0 Å². The Balaban J connectivity index is 1.81. The number of nitrogens with two attached hydrogens (primary N) is 1. The van der Waals surface area contributed by atoms with Crippen molar-refractivity contribution in [2.24, 2.45) is 0 Å². The van der Waals surface area contributed by atoms with Gasteiger partial charge < -0.3 is 11.1 Å². The van der Waals surface area contributed by atoms with E-state index in [9.17, 15) is 0 Å². The van der Waals surface area contributed by atoms with Gasteiger partial charge in [0.2, 0.25) is 0 Å². The number of benzene rings is 1. The van der Waals surface area contributed by atoms with Crippen molar-refractivity contribution in [1.82, 2.24) is 9.97 Å². The Morgan fingerprint density at radius 2 is 1.95 bits per heavy atom. The van der Waals surface area contributed by atoms with Crippen LogP contribution < -0.4 is 11.1 Å². The van der Waals surface area contributed by atoms with Gasteiger partial charge in [0.15, 0.2) is 0 Å². The van der Waals surface area contributed by atoms with E-state index in [1.807, 2.05) is 13.0 Å². The van der Waals surface area contributed by atoms with Crippen LogP contribution in [-0.2, 0) is 12.8 Å². The number of nitrogens with zero attached hydrogens (tertiary/aromatic N) is 2. The Hall–Kier alpha value is -2.10. The summed E-state index contributed by atoms with van der Waals surface area (Å²) in [5, 5.41) is 3.30. The van der Waals surface area contributed by atoms with Crippen molar-refractivity contribution in [2.45, 2.75) is 26.2 Å². The average Bonchev–Trinajstić information content (AvgIpc) is 2.44. The maximum Gasteiger partial charge on any atom is 0.132 e. The zero-order chi connectivity index (χ0) is 13.5. The van der Waals surface area contributed by atoms with Crippen LogP contribution in [0.4, 0.5) is 11.6 Å². The van der Waals surface area contributed by atoms with Crippen LogP contribution in [0.5, 0.6) is 0 Å². The van der Waals surface area contributed by atoms with Gasteiger partial charge >= 0.3 is 0 Å². The standard InChI is InChI=1S/C15H20N4/c1-2-14-18-13(16)11-15(19-14)17-10-6-9-12-7-4-3-5-8-12/h3-5,7-8,11H,2,6,9-10H2,1H3,(H3,16,17,18,19). The van der Waals surface area contributed by atoms with Crippen molar-refractivity contribution in [3.8, 4) is 0 Å². The number of nitrogen functional groups attached to an aromatic ring is 1. The fraction of sp³-hybridized carbons (Fsp3) is 0.333. The number of aromatic nitrogens is 2. The molecule has 0 saturated carbocycles. The van der Waals surface area contributed by atoms with Gasteiger partial charge in [-0.2, -0.15) is 0 Å². The molecule has 0 atom stereocenters. The molecule has 2 rings (SSSR count). The van der Waals surface area contributed by atoms with Crippen LogP contribution >= 0.6 is 0 Å². The lowest BCUT2D eigenvalue weighted by atomic mass is 10.1. The van der Waals surface area contributed by atoms with Crippen molar-refractivity contribution < 1.29 is 0 Å². The Labute approximate surface area is 114 Å². The van der Waals surface area contributed by atoms with Crippen molar-refractivity contribution >= 4 is 11.6 Å². The number of hydrogen-bond donors (Lipinski definition) is 2. The fourth-order valence-corrected chi connectivity index (χ4v) is 1.92. The smallest absolute Gasteiger partial charge is 0.132 e. The number of aryl methyl sites for hydroxylation is 2. The minimum absolute atomic E-state index is 0.525. The maximum atomic E-state index is 5.74. The van der Waals surface area contributed by atoms with Crippen molar-refractivity contribution in [3.63, 3.8) is 0 Å². The monoisotopic (exact) mass is 256 g/mol. The van der Waals surface area contributed by atoms with E-state index in [0.29, 0.717) is 5.82 Å². The molecule has 2 aromatic rings. The molecule has 0 spiro atoms. The summed E-state index contributed by atoms with van der Waals surface area (Å²) in [5.74, 6) is 2.13. The first-order chi connectivity index (χ1) is 9.28. The lowest BCUT2D eigenvalue weighted by Crippen LogP contribution is -2.08. The molecule has 1 aromatic heterocycles. The summed E-state index contributed by atoms with van der Waals surface area (Å²) in [6, 6.07) is 12.3. The van der Waals surface area contributed by atoms with E-state index < -0.39 is 0 Å². The molecule has 0 unspecified atom stereocenters. The minimum Gasteiger partial charge on any atom is -0.384 e. The van der Waals surface area contributed by atoms with E-state index in [4.69, 9.17) is 5.73 Å². The minimum atomic E-state index is 0.525. The molecular formula is C15H20N4. The largest absolute Gasteiger partial charge is 0.384 e. The molecule has 0 saturated heterocycles. The predicted molar refractivity (Wildman–Crippen MR) is 79.1 cm³/mol. The third-order valence-corrected chi connectivity index (χ3v) is 2.90. The summed E-state index contributed by atoms with van der Waals surface area (Å²) in [6.45, 7) is 2.91. The van der Waals surface area contributed by atoms with E-state index >= 15 is 0 Å². The Bertz CT molecular complexity index is 511. The van der Waals surface area contributed by atoms with Gasteiger partial charge in [0.25, 0.3) is 0 Å². The highest BCUT2D eigenvalue weighted by molar-refractivity contribution is 5.44. The van der Waals surface area contributed by atoms with Crippen LogP contribution in [-0.4, -0.2) is 16.5 Å². The van der Waals surface area contributed by atoms with Crippen LogP contribution in [0.25, 0.3) is 0 Å². The number of hydrogen-bond acceptors (Lipinski definition) is 4. The highest BCUT2D eigenvalue weighted by atomic mass is 15.0. The zero-order valence-electron chi connectivity index (χ0n) is 11.3. The summed E-state index contributed by atoms with van der Waals surface area (Å²) in [5.41, 5.74) is 7.10. The fourth-order valence-electron chi connectivity index (χ4n) is 1.92. The SMILES string of the molecule is CCc1nc(N)cc(NCCCc2ccccc2)n1. The van der Waals surface area contributed by atoms with Crippen LogP contribution in [0.1, 0.15) is 24.7 Å². The molecule has 4 heteroatoms. The zero-order valence-corrected chi connectivity index (χ0v) is 11.3. The van der Waals surface area contributed by atoms with E-state index in [1.165, 1.54) is 5.56 Å². The second kappa shape index (κ2) is 6.73. The Morgan fingerprint density at radius 1 is 1.16 bits per heavy atom. The molecular weight excluding hydrogens is 236 g/mol. The average molecular weight is 256 g/mol. The molecule has 100 valence electrons. The Kier molecular flexibility index (Phi) is 4.72. The summed E-state index contributed by atoms with van der Waals surface area (Å²) in [6.07, 6.45) is 2.92. The first-order valence-corrected chi connectivity index (χ1v) is 6.69. The molecule has 1 heterocycles.